The maximum atomic E-state index is 5.93. The van der Waals surface area contributed by atoms with Crippen LogP contribution >= 0.6 is 0 Å². The fourth-order valence-electron chi connectivity index (χ4n) is 5.24. The van der Waals surface area contributed by atoms with Gasteiger partial charge in [-0.05, 0) is 46.2 Å². The summed E-state index contributed by atoms with van der Waals surface area (Å²) in [6.07, 6.45) is 4.51. The molecule has 5 nitrogen and oxygen atoms in total. The highest BCUT2D eigenvalue weighted by Gasteiger charge is 2.37. The average molecular weight is 440 g/mol. The number of hydrogen-bond acceptors (Lipinski definition) is 5. The van der Waals surface area contributed by atoms with Crippen LogP contribution in [0.15, 0.2) is 71.9 Å². The van der Waals surface area contributed by atoms with Gasteiger partial charge in [0.25, 0.3) is 0 Å². The standard InChI is InChI=1S/C28H29N3O2/c1-32-24-9-11-25-23(17-24)8-10-26-27(33-29-28(25)26)19-31-14-12-30(13-15-31)18-20-6-7-21-4-2-3-5-22(21)16-20/h2-11,16-17,26-27H,12-15,18-19H2,1H3/t26-,27-/m0/s1. The molecular formula is C28H29N3O2. The van der Waals surface area contributed by atoms with E-state index in [0.29, 0.717) is 0 Å². The second-order valence-corrected chi connectivity index (χ2v) is 9.22. The van der Waals surface area contributed by atoms with E-state index >= 15 is 0 Å². The summed E-state index contributed by atoms with van der Waals surface area (Å²) in [6, 6.07) is 21.6. The monoisotopic (exact) mass is 439 g/mol. The molecule has 0 unspecified atom stereocenters. The molecule has 33 heavy (non-hydrogen) atoms. The summed E-state index contributed by atoms with van der Waals surface area (Å²) in [6.45, 7) is 6.21. The van der Waals surface area contributed by atoms with E-state index in [0.717, 1.165) is 61.9 Å². The fourth-order valence-corrected chi connectivity index (χ4v) is 5.24. The van der Waals surface area contributed by atoms with E-state index in [1.807, 2.05) is 6.07 Å². The molecule has 2 atom stereocenters. The summed E-state index contributed by atoms with van der Waals surface area (Å²) in [4.78, 5) is 11.0. The molecule has 0 amide bonds. The summed E-state index contributed by atoms with van der Waals surface area (Å²) < 4.78 is 5.36. The van der Waals surface area contributed by atoms with Crippen molar-refractivity contribution in [1.29, 1.82) is 0 Å². The Labute approximate surface area is 194 Å². The van der Waals surface area contributed by atoms with Crippen molar-refractivity contribution in [2.24, 2.45) is 11.1 Å². The lowest BCUT2D eigenvalue weighted by molar-refractivity contribution is 0.0232. The predicted octanol–water partition coefficient (Wildman–Crippen LogP) is 4.41. The summed E-state index contributed by atoms with van der Waals surface area (Å²) in [7, 11) is 1.70. The minimum atomic E-state index is 0.0820. The molecule has 6 rings (SSSR count). The Balaban J connectivity index is 1.05. The molecule has 3 aromatic carbocycles. The molecule has 0 spiro atoms. The second-order valence-electron chi connectivity index (χ2n) is 9.22. The molecule has 2 aliphatic heterocycles. The molecule has 168 valence electrons. The highest BCUT2D eigenvalue weighted by molar-refractivity contribution is 6.09. The van der Waals surface area contributed by atoms with E-state index < -0.39 is 0 Å². The number of piperazine rings is 1. The van der Waals surface area contributed by atoms with Gasteiger partial charge in [0, 0.05) is 44.8 Å². The summed E-state index contributed by atoms with van der Waals surface area (Å²) in [5, 5.41) is 7.12. The fraction of sp³-hybridized carbons (Fsp3) is 0.321. The van der Waals surface area contributed by atoms with Crippen molar-refractivity contribution < 1.29 is 9.57 Å². The van der Waals surface area contributed by atoms with Gasteiger partial charge in [0.05, 0.1) is 18.7 Å². The Bertz CT molecular complexity index is 1230. The number of rotatable bonds is 5. The minimum absolute atomic E-state index is 0.0820. The quantitative estimate of drug-likeness (QED) is 0.590. The molecule has 3 aliphatic rings. The van der Waals surface area contributed by atoms with Gasteiger partial charge in [-0.3, -0.25) is 9.80 Å². The normalized spacial score (nSPS) is 22.5. The molecule has 0 bridgehead atoms. The SMILES string of the molecule is COc1ccc2c(c1)C=C[C@@H]1C2=NO[C@H]1CN1CCN(Cc2ccc3ccccc3c2)CC1. The third kappa shape index (κ3) is 4.03. The van der Waals surface area contributed by atoms with Gasteiger partial charge in [0.2, 0.25) is 0 Å². The van der Waals surface area contributed by atoms with Crippen LogP contribution in [0, 0.1) is 5.92 Å². The van der Waals surface area contributed by atoms with Crippen molar-refractivity contribution in [2.45, 2.75) is 12.6 Å². The van der Waals surface area contributed by atoms with Gasteiger partial charge in [-0.1, -0.05) is 53.7 Å². The Morgan fingerprint density at radius 1 is 0.939 bits per heavy atom. The van der Waals surface area contributed by atoms with E-state index in [1.54, 1.807) is 7.11 Å². The Morgan fingerprint density at radius 2 is 1.76 bits per heavy atom. The van der Waals surface area contributed by atoms with Gasteiger partial charge in [0.15, 0.2) is 6.10 Å². The van der Waals surface area contributed by atoms with Crippen molar-refractivity contribution in [3.8, 4) is 5.75 Å². The van der Waals surface area contributed by atoms with Gasteiger partial charge < -0.3 is 9.57 Å². The van der Waals surface area contributed by atoms with E-state index in [2.05, 4.69) is 81.7 Å². The number of hydrogen-bond donors (Lipinski definition) is 0. The molecule has 0 N–H and O–H groups in total. The van der Waals surface area contributed by atoms with Crippen LogP contribution in [0.1, 0.15) is 16.7 Å². The highest BCUT2D eigenvalue weighted by atomic mass is 16.6. The van der Waals surface area contributed by atoms with Crippen molar-refractivity contribution in [1.82, 2.24) is 9.80 Å². The Kier molecular flexibility index (Phi) is 5.36. The number of benzene rings is 3. The van der Waals surface area contributed by atoms with Crippen LogP contribution in [0.3, 0.4) is 0 Å². The van der Waals surface area contributed by atoms with Crippen LogP contribution in [0.4, 0.5) is 0 Å². The summed E-state index contributed by atoms with van der Waals surface area (Å²) in [5.41, 5.74) is 4.75. The first-order valence-electron chi connectivity index (χ1n) is 11.8. The molecule has 0 aromatic heterocycles. The maximum absolute atomic E-state index is 5.93. The molecule has 3 aromatic rings. The van der Waals surface area contributed by atoms with Crippen LogP contribution in [0.2, 0.25) is 0 Å². The lowest BCUT2D eigenvalue weighted by Crippen LogP contribution is -2.49. The van der Waals surface area contributed by atoms with Crippen molar-refractivity contribution in [3.05, 3.63) is 83.4 Å². The largest absolute Gasteiger partial charge is 0.497 e. The minimum Gasteiger partial charge on any atom is -0.497 e. The lowest BCUT2D eigenvalue weighted by Gasteiger charge is -2.36. The van der Waals surface area contributed by atoms with E-state index in [1.165, 1.54) is 16.3 Å². The first-order valence-corrected chi connectivity index (χ1v) is 11.8. The topological polar surface area (TPSA) is 37.3 Å². The number of ether oxygens (including phenoxy) is 1. The lowest BCUT2D eigenvalue weighted by atomic mass is 9.84. The van der Waals surface area contributed by atoms with Crippen molar-refractivity contribution in [2.75, 3.05) is 39.8 Å². The van der Waals surface area contributed by atoms with Crippen molar-refractivity contribution >= 4 is 22.6 Å². The van der Waals surface area contributed by atoms with Crippen LogP contribution in [0.25, 0.3) is 16.8 Å². The molecule has 1 fully saturated rings. The maximum Gasteiger partial charge on any atom is 0.152 e. The molecular weight excluding hydrogens is 410 g/mol. The van der Waals surface area contributed by atoms with Crippen molar-refractivity contribution in [3.63, 3.8) is 0 Å². The molecule has 0 saturated carbocycles. The van der Waals surface area contributed by atoms with E-state index in [-0.39, 0.29) is 12.0 Å². The zero-order valence-electron chi connectivity index (χ0n) is 19.0. The second kappa shape index (κ2) is 8.65. The predicted molar refractivity (Wildman–Crippen MR) is 133 cm³/mol. The zero-order chi connectivity index (χ0) is 22.2. The smallest absolute Gasteiger partial charge is 0.152 e. The van der Waals surface area contributed by atoms with Crippen LogP contribution in [-0.2, 0) is 11.4 Å². The van der Waals surface area contributed by atoms with Gasteiger partial charge in [-0.25, -0.2) is 0 Å². The molecule has 5 heteroatoms. The number of oxime groups is 1. The first kappa shape index (κ1) is 20.5. The van der Waals surface area contributed by atoms with E-state index in [9.17, 15) is 0 Å². The Hall–Kier alpha value is -3.15. The summed E-state index contributed by atoms with van der Waals surface area (Å²) in [5.74, 6) is 1.09. The van der Waals surface area contributed by atoms with Crippen LogP contribution < -0.4 is 4.74 Å². The van der Waals surface area contributed by atoms with Crippen LogP contribution in [0.5, 0.6) is 5.75 Å². The van der Waals surface area contributed by atoms with E-state index in [4.69, 9.17) is 9.57 Å². The Morgan fingerprint density at radius 3 is 2.61 bits per heavy atom. The zero-order valence-corrected chi connectivity index (χ0v) is 19.0. The van der Waals surface area contributed by atoms with Gasteiger partial charge in [0.1, 0.15) is 5.75 Å². The molecule has 0 radical (unpaired) electrons. The first-order chi connectivity index (χ1) is 16.3. The molecule has 2 heterocycles. The molecule has 1 aliphatic carbocycles. The van der Waals surface area contributed by atoms with Crippen LogP contribution in [-0.4, -0.2) is 61.4 Å². The third-order valence-electron chi connectivity index (χ3n) is 7.14. The molecule has 1 saturated heterocycles. The average Bonchev–Trinajstić information content (AvgIpc) is 3.28. The number of methoxy groups -OCH3 is 1. The van der Waals surface area contributed by atoms with Gasteiger partial charge in [-0.2, -0.15) is 0 Å². The van der Waals surface area contributed by atoms with Gasteiger partial charge >= 0.3 is 0 Å². The van der Waals surface area contributed by atoms with Gasteiger partial charge in [-0.15, -0.1) is 0 Å². The highest BCUT2D eigenvalue weighted by Crippen LogP contribution is 2.33. The summed E-state index contributed by atoms with van der Waals surface area (Å²) >= 11 is 0. The number of nitrogens with zero attached hydrogens (tertiary/aromatic N) is 3. The third-order valence-corrected chi connectivity index (χ3v) is 7.14. The number of fused-ring (bicyclic) bond motifs is 4.